The highest BCUT2D eigenvalue weighted by molar-refractivity contribution is 14.2. The highest BCUT2D eigenvalue weighted by Crippen LogP contribution is 2.55. The van der Waals surface area contributed by atoms with E-state index in [1.807, 2.05) is 13.8 Å². The quantitative estimate of drug-likeness (QED) is 0.215. The number of halogens is 2. The zero-order chi connectivity index (χ0) is 26.5. The van der Waals surface area contributed by atoms with Gasteiger partial charge in [0.1, 0.15) is 18.1 Å². The molecule has 1 saturated carbocycles. The molecule has 1 aromatic carbocycles. The van der Waals surface area contributed by atoms with Gasteiger partial charge in [-0.05, 0) is 25.0 Å². The molecule has 37 heavy (non-hydrogen) atoms. The van der Waals surface area contributed by atoms with Crippen LogP contribution in [0.25, 0.3) is 22.0 Å². The molecule has 12 heteroatoms. The predicted molar refractivity (Wildman–Crippen MR) is 149 cm³/mol. The number of rotatable bonds is 8. The smallest absolute Gasteiger partial charge is 0.286 e. The fourth-order valence-electron chi connectivity index (χ4n) is 5.13. The van der Waals surface area contributed by atoms with E-state index in [-0.39, 0.29) is 35.7 Å². The normalized spacial score (nSPS) is 16.4. The standard InChI is InChI=1S/C25H27FIN5O4S/c1-14(2)28-7-8-36-23-20(31-37(27,34)35)9-15(12-30-23)16-10-17-19(11-18(16)26)29-13-21-22(17)25(5-4-6-25)24(33)32(21)3/h9-14,28,31H,4-8H2,1-3H3. The third kappa shape index (κ3) is 4.74. The maximum absolute atomic E-state index is 15.4. The summed E-state index contributed by atoms with van der Waals surface area (Å²) >= 11 is 1.28. The number of fused-ring (bicyclic) bond motifs is 4. The molecule has 0 atom stereocenters. The molecule has 2 aliphatic rings. The van der Waals surface area contributed by atoms with Crippen LogP contribution in [-0.2, 0) is 17.4 Å². The third-order valence-corrected chi connectivity index (χ3v) is 8.11. The average molecular weight is 639 g/mol. The zero-order valence-electron chi connectivity index (χ0n) is 20.6. The molecule has 5 rings (SSSR count). The Morgan fingerprint density at radius 1 is 1.22 bits per heavy atom. The Kier molecular flexibility index (Phi) is 6.77. The van der Waals surface area contributed by atoms with Crippen molar-refractivity contribution in [3.63, 3.8) is 0 Å². The van der Waals surface area contributed by atoms with Gasteiger partial charge in [-0.1, -0.05) is 20.3 Å². The first-order chi connectivity index (χ1) is 17.5. The summed E-state index contributed by atoms with van der Waals surface area (Å²) in [7, 11) is -1.94. The van der Waals surface area contributed by atoms with Gasteiger partial charge >= 0.3 is 0 Å². The lowest BCUT2D eigenvalue weighted by Crippen LogP contribution is -2.43. The Balaban J connectivity index is 1.59. The van der Waals surface area contributed by atoms with Gasteiger partial charge in [0.15, 0.2) is 0 Å². The third-order valence-electron chi connectivity index (χ3n) is 6.99. The fraction of sp³-hybridized carbons (Fsp3) is 0.400. The molecule has 0 bridgehead atoms. The van der Waals surface area contributed by atoms with Gasteiger partial charge in [-0.25, -0.2) is 9.37 Å². The average Bonchev–Trinajstić information content (AvgIpc) is 3.03. The van der Waals surface area contributed by atoms with Crippen molar-refractivity contribution < 1.29 is 22.3 Å². The SMILES string of the molecule is CC(C)NCCOc1ncc(-c2cc3c4c(cnc3cc2F)N(C)C(=O)C42CCC2)cc1NS(=O)(=O)I. The van der Waals surface area contributed by atoms with Gasteiger partial charge in [0.2, 0.25) is 11.8 Å². The highest BCUT2D eigenvalue weighted by atomic mass is 127. The molecule has 2 aromatic heterocycles. The van der Waals surface area contributed by atoms with Crippen molar-refractivity contribution in [3.05, 3.63) is 42.0 Å². The summed E-state index contributed by atoms with van der Waals surface area (Å²) < 4.78 is 47.5. The molecule has 9 nitrogen and oxygen atoms in total. The zero-order valence-corrected chi connectivity index (χ0v) is 23.6. The fourth-order valence-corrected chi connectivity index (χ4v) is 6.25. The van der Waals surface area contributed by atoms with E-state index in [1.54, 1.807) is 24.2 Å². The van der Waals surface area contributed by atoms with Crippen LogP contribution in [0, 0.1) is 5.82 Å². The van der Waals surface area contributed by atoms with Crippen LogP contribution in [0.1, 0.15) is 38.7 Å². The van der Waals surface area contributed by atoms with E-state index in [4.69, 9.17) is 4.74 Å². The number of anilines is 2. The first kappa shape index (κ1) is 26.0. The Hall–Kier alpha value is -2.58. The number of carbonyl (C=O) groups excluding carboxylic acids is 1. The molecule has 3 aromatic rings. The molecule has 0 saturated heterocycles. The maximum Gasteiger partial charge on any atom is 0.286 e. The molecule has 1 aliphatic carbocycles. The predicted octanol–water partition coefficient (Wildman–Crippen LogP) is 4.30. The van der Waals surface area contributed by atoms with Crippen LogP contribution in [0.3, 0.4) is 0 Å². The second-order valence-corrected chi connectivity index (χ2v) is 14.3. The number of amides is 1. The van der Waals surface area contributed by atoms with Gasteiger partial charge in [0.25, 0.3) is 7.19 Å². The van der Waals surface area contributed by atoms with E-state index >= 15 is 4.39 Å². The van der Waals surface area contributed by atoms with Gasteiger partial charge < -0.3 is 15.0 Å². The van der Waals surface area contributed by atoms with Crippen molar-refractivity contribution in [2.24, 2.45) is 0 Å². The van der Waals surface area contributed by atoms with Gasteiger partial charge in [-0.15, -0.1) is 0 Å². The second-order valence-electron chi connectivity index (χ2n) is 9.74. The summed E-state index contributed by atoms with van der Waals surface area (Å²) in [5.74, 6) is -0.387. The van der Waals surface area contributed by atoms with E-state index in [0.29, 0.717) is 23.0 Å². The first-order valence-corrected chi connectivity index (χ1v) is 16.0. The molecule has 3 heterocycles. The summed E-state index contributed by atoms with van der Waals surface area (Å²) in [6, 6.07) is 4.82. The summed E-state index contributed by atoms with van der Waals surface area (Å²) in [6.07, 6.45) is 5.53. The van der Waals surface area contributed by atoms with Gasteiger partial charge in [0.05, 0.1) is 44.0 Å². The number of likely N-dealkylation sites (N-methyl/N-ethyl adjacent to an activating group) is 1. The van der Waals surface area contributed by atoms with Crippen LogP contribution >= 0.6 is 21.2 Å². The number of hydrogen-bond donors (Lipinski definition) is 2. The number of nitrogens with one attached hydrogen (secondary N) is 2. The molecule has 0 unspecified atom stereocenters. The van der Waals surface area contributed by atoms with Crippen LogP contribution < -0.4 is 19.7 Å². The summed E-state index contributed by atoms with van der Waals surface area (Å²) in [5, 5.41) is 3.92. The van der Waals surface area contributed by atoms with E-state index in [1.165, 1.54) is 39.5 Å². The van der Waals surface area contributed by atoms with Crippen LogP contribution in [0.2, 0.25) is 0 Å². The minimum atomic E-state index is -3.68. The Morgan fingerprint density at radius 2 is 1.97 bits per heavy atom. The number of ether oxygens (including phenoxy) is 1. The monoisotopic (exact) mass is 639 g/mol. The van der Waals surface area contributed by atoms with Crippen LogP contribution in [0.4, 0.5) is 15.8 Å². The van der Waals surface area contributed by atoms with Gasteiger partial charge in [0, 0.05) is 54.0 Å². The summed E-state index contributed by atoms with van der Waals surface area (Å²) in [6.45, 7) is 4.83. The van der Waals surface area contributed by atoms with Crippen molar-refractivity contribution in [2.45, 2.75) is 44.6 Å². The van der Waals surface area contributed by atoms with Crippen molar-refractivity contribution in [3.8, 4) is 17.0 Å². The minimum absolute atomic E-state index is 0.0442. The van der Waals surface area contributed by atoms with Crippen LogP contribution in [0.5, 0.6) is 5.88 Å². The van der Waals surface area contributed by atoms with Gasteiger partial charge in [-0.3, -0.25) is 14.5 Å². The lowest BCUT2D eigenvalue weighted by Gasteiger charge is -2.37. The van der Waals surface area contributed by atoms with Crippen LogP contribution in [0.15, 0.2) is 30.6 Å². The van der Waals surface area contributed by atoms with E-state index in [2.05, 4.69) is 20.0 Å². The first-order valence-electron chi connectivity index (χ1n) is 12.0. The van der Waals surface area contributed by atoms with Crippen molar-refractivity contribution in [2.75, 3.05) is 29.8 Å². The number of aromatic nitrogens is 2. The number of hydrogen-bond acceptors (Lipinski definition) is 7. The summed E-state index contributed by atoms with van der Waals surface area (Å²) in [5.41, 5.74) is 2.20. The van der Waals surface area contributed by atoms with Crippen molar-refractivity contribution in [1.82, 2.24) is 15.3 Å². The molecule has 196 valence electrons. The molecular weight excluding hydrogens is 612 g/mol. The molecule has 0 radical (unpaired) electrons. The Bertz CT molecular complexity index is 1510. The maximum atomic E-state index is 15.4. The Labute approximate surface area is 226 Å². The lowest BCUT2D eigenvalue weighted by atomic mass is 9.64. The minimum Gasteiger partial charge on any atom is -0.475 e. The van der Waals surface area contributed by atoms with E-state index < -0.39 is 18.4 Å². The highest BCUT2D eigenvalue weighted by Gasteiger charge is 2.54. The number of carbonyl (C=O) groups is 1. The molecule has 1 aliphatic heterocycles. The summed E-state index contributed by atoms with van der Waals surface area (Å²) in [4.78, 5) is 23.5. The number of nitrogens with zero attached hydrogens (tertiary/aromatic N) is 3. The van der Waals surface area contributed by atoms with Gasteiger partial charge in [-0.2, -0.15) is 8.42 Å². The lowest BCUT2D eigenvalue weighted by molar-refractivity contribution is -0.125. The Morgan fingerprint density at radius 3 is 2.62 bits per heavy atom. The van der Waals surface area contributed by atoms with E-state index in [0.717, 1.165) is 30.5 Å². The molecular formula is C25H27FIN5O4S. The molecule has 2 N–H and O–H groups in total. The van der Waals surface area contributed by atoms with Crippen molar-refractivity contribution in [1.29, 1.82) is 0 Å². The molecule has 1 amide bonds. The van der Waals surface area contributed by atoms with Crippen molar-refractivity contribution >= 4 is 56.6 Å². The number of pyridine rings is 2. The second kappa shape index (κ2) is 9.62. The largest absolute Gasteiger partial charge is 0.475 e. The van der Waals surface area contributed by atoms with E-state index in [9.17, 15) is 13.2 Å². The topological polar surface area (TPSA) is 114 Å². The molecule has 1 fully saturated rings. The number of benzene rings is 1. The van der Waals surface area contributed by atoms with Crippen LogP contribution in [-0.4, -0.2) is 50.5 Å². The molecule has 1 spiro atoms.